The number of rotatable bonds is 6. The van der Waals surface area contributed by atoms with E-state index in [1.54, 1.807) is 17.5 Å². The van der Waals surface area contributed by atoms with Crippen molar-refractivity contribution in [3.63, 3.8) is 0 Å². The lowest BCUT2D eigenvalue weighted by Gasteiger charge is -2.07. The number of pyridine rings is 1. The van der Waals surface area contributed by atoms with E-state index in [1.807, 2.05) is 42.5 Å². The molecular weight excluding hydrogens is 310 g/mol. The number of hydrogen-bond acceptors (Lipinski definition) is 5. The number of carbonyl (C=O) groups excluding carboxylic acids is 1. The maximum Gasteiger partial charge on any atom is 0.315 e. The Kier molecular flexibility index (Phi) is 5.00. The number of hydrogen-bond donors (Lipinski definition) is 3. The van der Waals surface area contributed by atoms with Gasteiger partial charge in [0.25, 0.3) is 0 Å². The maximum absolute atomic E-state index is 11.8. The monoisotopic (exact) mass is 327 g/mol. The van der Waals surface area contributed by atoms with E-state index in [2.05, 4.69) is 25.9 Å². The number of anilines is 1. The summed E-state index contributed by atoms with van der Waals surface area (Å²) in [4.78, 5) is 20.4. The number of nitrogens with one attached hydrogen (secondary N) is 3. The second-order valence-electron chi connectivity index (χ2n) is 4.83. The van der Waals surface area contributed by atoms with E-state index in [0.29, 0.717) is 19.6 Å². The SMILES string of the molecule is O=C(NCCNc1ccccn1)NCc1nc2ccccc2s1. The molecule has 0 radical (unpaired) electrons. The standard InChI is InChI=1S/C16H17N5OS/c22-16(19-10-9-18-14-7-3-4-8-17-14)20-11-15-21-12-5-1-2-6-13(12)23-15/h1-8H,9-11H2,(H,17,18)(H2,19,20,22). The fraction of sp³-hybridized carbons (Fsp3) is 0.188. The summed E-state index contributed by atoms with van der Waals surface area (Å²) in [7, 11) is 0. The summed E-state index contributed by atoms with van der Waals surface area (Å²) in [5, 5.41) is 9.63. The highest BCUT2D eigenvalue weighted by Crippen LogP contribution is 2.21. The van der Waals surface area contributed by atoms with Gasteiger partial charge in [0.15, 0.2) is 0 Å². The average molecular weight is 327 g/mol. The minimum absolute atomic E-state index is 0.202. The molecule has 0 saturated heterocycles. The largest absolute Gasteiger partial charge is 0.368 e. The molecule has 118 valence electrons. The lowest BCUT2D eigenvalue weighted by molar-refractivity contribution is 0.241. The van der Waals surface area contributed by atoms with Crippen LogP contribution in [0.2, 0.25) is 0 Å². The van der Waals surface area contributed by atoms with Crippen LogP contribution in [0.15, 0.2) is 48.7 Å². The normalized spacial score (nSPS) is 10.4. The molecule has 1 aromatic carbocycles. The van der Waals surface area contributed by atoms with Crippen molar-refractivity contribution in [2.75, 3.05) is 18.4 Å². The van der Waals surface area contributed by atoms with Crippen molar-refractivity contribution < 1.29 is 4.79 Å². The minimum Gasteiger partial charge on any atom is -0.368 e. The number of carbonyl (C=O) groups is 1. The molecule has 7 heteroatoms. The van der Waals surface area contributed by atoms with E-state index in [4.69, 9.17) is 0 Å². The molecule has 0 unspecified atom stereocenters. The second kappa shape index (κ2) is 7.55. The van der Waals surface area contributed by atoms with Crippen LogP contribution in [0.5, 0.6) is 0 Å². The maximum atomic E-state index is 11.8. The number of benzene rings is 1. The van der Waals surface area contributed by atoms with Crippen molar-refractivity contribution in [1.29, 1.82) is 0 Å². The van der Waals surface area contributed by atoms with Gasteiger partial charge >= 0.3 is 6.03 Å². The minimum atomic E-state index is -0.202. The van der Waals surface area contributed by atoms with Gasteiger partial charge in [-0.05, 0) is 24.3 Å². The van der Waals surface area contributed by atoms with Crippen LogP contribution < -0.4 is 16.0 Å². The summed E-state index contributed by atoms with van der Waals surface area (Å²) in [5.74, 6) is 0.796. The number of nitrogens with zero attached hydrogens (tertiary/aromatic N) is 2. The summed E-state index contributed by atoms with van der Waals surface area (Å²) in [6, 6.07) is 13.4. The molecule has 0 aliphatic carbocycles. The first-order valence-electron chi connectivity index (χ1n) is 7.32. The molecule has 0 aliphatic heterocycles. The molecule has 0 atom stereocenters. The van der Waals surface area contributed by atoms with E-state index < -0.39 is 0 Å². The Bertz CT molecular complexity index is 741. The van der Waals surface area contributed by atoms with Crippen LogP contribution in [-0.2, 0) is 6.54 Å². The van der Waals surface area contributed by atoms with E-state index in [-0.39, 0.29) is 6.03 Å². The van der Waals surface area contributed by atoms with Crippen molar-refractivity contribution in [3.8, 4) is 0 Å². The third-order valence-corrected chi connectivity index (χ3v) is 4.16. The van der Waals surface area contributed by atoms with Crippen molar-refractivity contribution in [1.82, 2.24) is 20.6 Å². The van der Waals surface area contributed by atoms with Crippen LogP contribution in [0, 0.1) is 0 Å². The number of fused-ring (bicyclic) bond motifs is 1. The van der Waals surface area contributed by atoms with E-state index >= 15 is 0 Å². The van der Waals surface area contributed by atoms with Crippen LogP contribution in [0.1, 0.15) is 5.01 Å². The molecule has 3 aromatic rings. The average Bonchev–Trinajstić information content (AvgIpc) is 3.01. The number of amides is 2. The van der Waals surface area contributed by atoms with Crippen LogP contribution in [0.3, 0.4) is 0 Å². The zero-order chi connectivity index (χ0) is 15.9. The summed E-state index contributed by atoms with van der Waals surface area (Å²) < 4.78 is 1.13. The predicted molar refractivity (Wildman–Crippen MR) is 92.6 cm³/mol. The Labute approximate surface area is 138 Å². The Morgan fingerprint density at radius 3 is 2.74 bits per heavy atom. The Morgan fingerprint density at radius 2 is 1.91 bits per heavy atom. The Morgan fingerprint density at radius 1 is 1.04 bits per heavy atom. The van der Waals surface area contributed by atoms with E-state index in [9.17, 15) is 4.79 Å². The quantitative estimate of drug-likeness (QED) is 0.608. The van der Waals surface area contributed by atoms with Crippen molar-refractivity contribution in [3.05, 3.63) is 53.7 Å². The molecular formula is C16H17N5OS. The molecule has 0 saturated carbocycles. The molecule has 0 fully saturated rings. The summed E-state index contributed by atoms with van der Waals surface area (Å²) in [5.41, 5.74) is 0.967. The van der Waals surface area contributed by atoms with Gasteiger partial charge in [0.05, 0.1) is 16.8 Å². The van der Waals surface area contributed by atoms with Gasteiger partial charge in [-0.25, -0.2) is 14.8 Å². The molecule has 0 bridgehead atoms. The summed E-state index contributed by atoms with van der Waals surface area (Å²) in [6.07, 6.45) is 1.72. The van der Waals surface area contributed by atoms with Gasteiger partial charge in [-0.1, -0.05) is 18.2 Å². The molecule has 3 N–H and O–H groups in total. The van der Waals surface area contributed by atoms with E-state index in [1.165, 1.54) is 0 Å². The first kappa shape index (κ1) is 15.2. The lowest BCUT2D eigenvalue weighted by Crippen LogP contribution is -2.37. The third-order valence-electron chi connectivity index (χ3n) is 3.12. The molecule has 23 heavy (non-hydrogen) atoms. The fourth-order valence-corrected chi connectivity index (χ4v) is 2.95. The molecule has 2 heterocycles. The molecule has 3 rings (SSSR count). The highest BCUT2D eigenvalue weighted by Gasteiger charge is 2.05. The van der Waals surface area contributed by atoms with Crippen LogP contribution >= 0.6 is 11.3 Å². The Hall–Kier alpha value is -2.67. The van der Waals surface area contributed by atoms with Gasteiger partial charge in [0, 0.05) is 19.3 Å². The molecule has 0 spiro atoms. The van der Waals surface area contributed by atoms with Gasteiger partial charge < -0.3 is 16.0 Å². The fourth-order valence-electron chi connectivity index (χ4n) is 2.05. The molecule has 0 aliphatic rings. The van der Waals surface area contributed by atoms with Crippen LogP contribution in [0.4, 0.5) is 10.6 Å². The smallest absolute Gasteiger partial charge is 0.315 e. The van der Waals surface area contributed by atoms with Crippen molar-refractivity contribution >= 4 is 33.4 Å². The number of aromatic nitrogens is 2. The molecule has 6 nitrogen and oxygen atoms in total. The van der Waals surface area contributed by atoms with Gasteiger partial charge in [-0.2, -0.15) is 0 Å². The number of para-hydroxylation sites is 1. The third kappa shape index (κ3) is 4.40. The molecule has 2 amide bonds. The predicted octanol–water partition coefficient (Wildman–Crippen LogP) is 2.60. The number of urea groups is 1. The number of thiazole rings is 1. The molecule has 2 aromatic heterocycles. The van der Waals surface area contributed by atoms with Gasteiger partial charge in [0.2, 0.25) is 0 Å². The first-order chi connectivity index (χ1) is 11.3. The van der Waals surface area contributed by atoms with Gasteiger partial charge in [-0.15, -0.1) is 11.3 Å². The first-order valence-corrected chi connectivity index (χ1v) is 8.14. The van der Waals surface area contributed by atoms with Crippen molar-refractivity contribution in [2.24, 2.45) is 0 Å². The van der Waals surface area contributed by atoms with Crippen molar-refractivity contribution in [2.45, 2.75) is 6.54 Å². The summed E-state index contributed by atoms with van der Waals surface area (Å²) >= 11 is 1.59. The highest BCUT2D eigenvalue weighted by molar-refractivity contribution is 7.18. The highest BCUT2D eigenvalue weighted by atomic mass is 32.1. The van der Waals surface area contributed by atoms with Gasteiger partial charge in [-0.3, -0.25) is 0 Å². The Balaban J connectivity index is 1.38. The second-order valence-corrected chi connectivity index (χ2v) is 5.94. The van der Waals surface area contributed by atoms with Gasteiger partial charge in [0.1, 0.15) is 10.8 Å². The van der Waals surface area contributed by atoms with Crippen LogP contribution in [0.25, 0.3) is 10.2 Å². The van der Waals surface area contributed by atoms with Crippen LogP contribution in [-0.4, -0.2) is 29.1 Å². The van der Waals surface area contributed by atoms with E-state index in [0.717, 1.165) is 21.0 Å². The summed E-state index contributed by atoms with van der Waals surface area (Å²) in [6.45, 7) is 1.56. The zero-order valence-electron chi connectivity index (χ0n) is 12.5. The lowest BCUT2D eigenvalue weighted by atomic mass is 10.3. The zero-order valence-corrected chi connectivity index (χ0v) is 13.3. The topological polar surface area (TPSA) is 78.9 Å².